The average molecular weight is 345 g/mol. The van der Waals surface area contributed by atoms with Gasteiger partial charge in [0, 0.05) is 41.4 Å². The highest BCUT2D eigenvalue weighted by atomic mass is 16.1. The van der Waals surface area contributed by atoms with E-state index in [0.29, 0.717) is 18.7 Å². The van der Waals surface area contributed by atoms with Crippen LogP contribution in [-0.2, 0) is 0 Å². The van der Waals surface area contributed by atoms with E-state index in [9.17, 15) is 4.79 Å². The molecular weight excluding hydrogens is 326 g/mol. The summed E-state index contributed by atoms with van der Waals surface area (Å²) in [7, 11) is 0. The van der Waals surface area contributed by atoms with E-state index in [4.69, 9.17) is 0 Å². The first-order valence-corrected chi connectivity index (χ1v) is 8.50. The minimum atomic E-state index is -0.0794. The van der Waals surface area contributed by atoms with E-state index >= 15 is 0 Å². The number of carbonyl (C=O) groups excluding carboxylic acids is 1. The number of aromatic amines is 2. The van der Waals surface area contributed by atoms with Crippen molar-refractivity contribution in [3.8, 4) is 11.4 Å². The second-order valence-electron chi connectivity index (χ2n) is 5.99. The molecule has 0 unspecified atom stereocenters. The van der Waals surface area contributed by atoms with Crippen molar-refractivity contribution in [3.63, 3.8) is 0 Å². The predicted octanol–water partition coefficient (Wildman–Crippen LogP) is 3.40. The minimum Gasteiger partial charge on any atom is -0.383 e. The molecule has 0 fully saturated rings. The van der Waals surface area contributed by atoms with Crippen molar-refractivity contribution < 1.29 is 4.79 Å². The van der Waals surface area contributed by atoms with Gasteiger partial charge in [0.25, 0.3) is 5.91 Å². The number of nitrogens with zero attached hydrogens (tertiary/aromatic N) is 1. The van der Waals surface area contributed by atoms with Gasteiger partial charge in [-0.25, -0.2) is 0 Å². The zero-order valence-electron chi connectivity index (χ0n) is 14.1. The number of amides is 1. The lowest BCUT2D eigenvalue weighted by atomic mass is 10.1. The van der Waals surface area contributed by atoms with Crippen LogP contribution in [-0.4, -0.2) is 34.2 Å². The molecule has 2 heterocycles. The Hall–Kier alpha value is -3.54. The zero-order chi connectivity index (χ0) is 17.8. The van der Waals surface area contributed by atoms with Gasteiger partial charge in [-0.3, -0.25) is 9.89 Å². The molecule has 26 heavy (non-hydrogen) atoms. The fourth-order valence-electron chi connectivity index (χ4n) is 2.86. The summed E-state index contributed by atoms with van der Waals surface area (Å²) in [6, 6.07) is 19.5. The molecule has 0 aliphatic heterocycles. The maximum atomic E-state index is 12.4. The summed E-state index contributed by atoms with van der Waals surface area (Å²) < 4.78 is 0. The summed E-state index contributed by atoms with van der Waals surface area (Å²) in [5.41, 5.74) is 4.43. The fraction of sp³-hybridized carbons (Fsp3) is 0.100. The van der Waals surface area contributed by atoms with Crippen LogP contribution in [0.1, 0.15) is 10.4 Å². The van der Waals surface area contributed by atoms with Crippen LogP contribution in [0.4, 0.5) is 5.69 Å². The largest absolute Gasteiger partial charge is 0.383 e. The van der Waals surface area contributed by atoms with Gasteiger partial charge in [-0.2, -0.15) is 5.10 Å². The Morgan fingerprint density at radius 3 is 2.69 bits per heavy atom. The van der Waals surface area contributed by atoms with E-state index in [1.165, 1.54) is 0 Å². The number of aromatic nitrogens is 3. The number of anilines is 1. The molecule has 0 saturated carbocycles. The highest BCUT2D eigenvalue weighted by Gasteiger charge is 2.09. The third kappa shape index (κ3) is 3.44. The molecule has 0 spiro atoms. The number of rotatable bonds is 6. The first-order chi connectivity index (χ1) is 12.8. The van der Waals surface area contributed by atoms with Crippen molar-refractivity contribution in [1.29, 1.82) is 0 Å². The Balaban J connectivity index is 1.39. The summed E-state index contributed by atoms with van der Waals surface area (Å²) in [4.78, 5) is 15.7. The molecule has 0 aliphatic rings. The molecule has 130 valence electrons. The summed E-state index contributed by atoms with van der Waals surface area (Å²) in [6.45, 7) is 1.23. The van der Waals surface area contributed by atoms with Crippen molar-refractivity contribution in [2.24, 2.45) is 0 Å². The fourth-order valence-corrected chi connectivity index (χ4v) is 2.86. The van der Waals surface area contributed by atoms with E-state index < -0.39 is 0 Å². The van der Waals surface area contributed by atoms with Gasteiger partial charge in [-0.15, -0.1) is 0 Å². The van der Waals surface area contributed by atoms with E-state index in [-0.39, 0.29) is 5.91 Å². The lowest BCUT2D eigenvalue weighted by Gasteiger charge is -2.08. The van der Waals surface area contributed by atoms with Crippen LogP contribution in [0.15, 0.2) is 66.9 Å². The molecule has 6 heteroatoms. The number of H-pyrrole nitrogens is 2. The number of benzene rings is 2. The first kappa shape index (κ1) is 16.0. The van der Waals surface area contributed by atoms with Gasteiger partial charge in [0.15, 0.2) is 0 Å². The molecule has 4 rings (SSSR count). The number of fused-ring (bicyclic) bond motifs is 1. The highest BCUT2D eigenvalue weighted by Crippen LogP contribution is 2.23. The van der Waals surface area contributed by atoms with Crippen LogP contribution >= 0.6 is 0 Å². The van der Waals surface area contributed by atoms with Crippen LogP contribution in [0.3, 0.4) is 0 Å². The van der Waals surface area contributed by atoms with Crippen LogP contribution in [0.2, 0.25) is 0 Å². The highest BCUT2D eigenvalue weighted by molar-refractivity contribution is 5.98. The topological polar surface area (TPSA) is 85.6 Å². The van der Waals surface area contributed by atoms with Gasteiger partial charge in [0.2, 0.25) is 0 Å². The molecule has 1 amide bonds. The van der Waals surface area contributed by atoms with Crippen LogP contribution in [0.5, 0.6) is 0 Å². The Kier molecular flexibility index (Phi) is 4.38. The molecule has 0 radical (unpaired) electrons. The third-order valence-electron chi connectivity index (χ3n) is 4.17. The number of hydrogen-bond donors (Lipinski definition) is 4. The Labute approximate surface area is 150 Å². The number of carbonyl (C=O) groups is 1. The lowest BCUT2D eigenvalue weighted by molar-refractivity contribution is 0.0955. The monoisotopic (exact) mass is 345 g/mol. The second kappa shape index (κ2) is 7.14. The normalized spacial score (nSPS) is 10.8. The van der Waals surface area contributed by atoms with Crippen molar-refractivity contribution in [2.75, 3.05) is 18.4 Å². The average Bonchev–Trinajstić information content (AvgIpc) is 3.34. The lowest BCUT2D eigenvalue weighted by Crippen LogP contribution is -2.28. The minimum absolute atomic E-state index is 0.0794. The summed E-state index contributed by atoms with van der Waals surface area (Å²) >= 11 is 0. The standard InChI is InChI=1S/C20H19N5O/c26-20(22-11-10-21-16-4-2-1-3-5-16)14-6-7-17-15(12-14)13-19(24-17)18-8-9-23-25-18/h1-9,12-13,21,24H,10-11H2,(H,22,26)(H,23,25). The van der Waals surface area contributed by atoms with Crippen molar-refractivity contribution >= 4 is 22.5 Å². The smallest absolute Gasteiger partial charge is 0.251 e. The molecule has 0 aliphatic carbocycles. The van der Waals surface area contributed by atoms with E-state index in [1.54, 1.807) is 6.20 Å². The third-order valence-corrected chi connectivity index (χ3v) is 4.17. The van der Waals surface area contributed by atoms with E-state index in [2.05, 4.69) is 25.8 Å². The quantitative estimate of drug-likeness (QED) is 0.404. The summed E-state index contributed by atoms with van der Waals surface area (Å²) in [5.74, 6) is -0.0794. The van der Waals surface area contributed by atoms with Gasteiger partial charge in [-0.05, 0) is 42.5 Å². The van der Waals surface area contributed by atoms with Gasteiger partial charge in [-0.1, -0.05) is 18.2 Å². The Morgan fingerprint density at radius 2 is 1.88 bits per heavy atom. The van der Waals surface area contributed by atoms with Crippen molar-refractivity contribution in [3.05, 3.63) is 72.4 Å². The molecule has 0 bridgehead atoms. The molecule has 4 N–H and O–H groups in total. The molecule has 4 aromatic rings. The van der Waals surface area contributed by atoms with Gasteiger partial charge >= 0.3 is 0 Å². The number of nitrogens with one attached hydrogen (secondary N) is 4. The second-order valence-corrected chi connectivity index (χ2v) is 5.99. The molecular formula is C20H19N5O. The summed E-state index contributed by atoms with van der Waals surface area (Å²) in [6.07, 6.45) is 1.78. The zero-order valence-corrected chi connectivity index (χ0v) is 14.1. The first-order valence-electron chi connectivity index (χ1n) is 8.50. The van der Waals surface area contributed by atoms with Crippen molar-refractivity contribution in [2.45, 2.75) is 0 Å². The van der Waals surface area contributed by atoms with Crippen LogP contribution in [0, 0.1) is 0 Å². The van der Waals surface area contributed by atoms with Crippen LogP contribution < -0.4 is 10.6 Å². The molecule has 0 saturated heterocycles. The van der Waals surface area contributed by atoms with Crippen LogP contribution in [0.25, 0.3) is 22.3 Å². The van der Waals surface area contributed by atoms with E-state index in [0.717, 1.165) is 28.0 Å². The summed E-state index contributed by atoms with van der Waals surface area (Å²) in [5, 5.41) is 14.2. The van der Waals surface area contributed by atoms with Gasteiger partial charge in [0.1, 0.15) is 5.69 Å². The van der Waals surface area contributed by atoms with Gasteiger partial charge in [0.05, 0.1) is 5.69 Å². The molecule has 2 aromatic carbocycles. The Bertz CT molecular complexity index is 1010. The number of hydrogen-bond acceptors (Lipinski definition) is 3. The maximum absolute atomic E-state index is 12.4. The molecule has 2 aromatic heterocycles. The number of para-hydroxylation sites is 1. The Morgan fingerprint density at radius 1 is 1.00 bits per heavy atom. The predicted molar refractivity (Wildman–Crippen MR) is 103 cm³/mol. The molecule has 0 atom stereocenters. The van der Waals surface area contributed by atoms with E-state index in [1.807, 2.05) is 60.7 Å². The van der Waals surface area contributed by atoms with Crippen molar-refractivity contribution in [1.82, 2.24) is 20.5 Å². The van der Waals surface area contributed by atoms with Gasteiger partial charge < -0.3 is 15.6 Å². The maximum Gasteiger partial charge on any atom is 0.251 e. The molecule has 6 nitrogen and oxygen atoms in total. The SMILES string of the molecule is O=C(NCCNc1ccccc1)c1ccc2[nH]c(-c3cc[nH]n3)cc2c1.